The number of fused-ring (bicyclic) bond motifs is 11. The molecule has 0 bridgehead atoms. The van der Waals surface area contributed by atoms with Crippen molar-refractivity contribution < 1.29 is 9.15 Å². The Kier molecular flexibility index (Phi) is 7.17. The molecular formula is C58H36O2. The van der Waals surface area contributed by atoms with Crippen LogP contribution < -0.4 is 15.4 Å². The van der Waals surface area contributed by atoms with Gasteiger partial charge in [-0.05, 0) is 148 Å². The van der Waals surface area contributed by atoms with Crippen LogP contribution in [0.2, 0.25) is 0 Å². The number of hydrogen-bond acceptors (Lipinski definition) is 2. The van der Waals surface area contributed by atoms with Crippen molar-refractivity contribution in [2.45, 2.75) is 12.0 Å². The minimum atomic E-state index is -0.0894. The minimum absolute atomic E-state index is 0.0798. The molecule has 0 fully saturated rings. The molecule has 1 aliphatic heterocycles. The van der Waals surface area contributed by atoms with E-state index < -0.39 is 0 Å². The van der Waals surface area contributed by atoms with E-state index in [1.165, 1.54) is 87.6 Å². The third-order valence-electron chi connectivity index (χ3n) is 13.0. The van der Waals surface area contributed by atoms with Crippen LogP contribution in [0.4, 0.5) is 0 Å². The largest absolute Gasteiger partial charge is 0.485 e. The third kappa shape index (κ3) is 5.28. The number of ether oxygens (including phenoxy) is 1. The molecular weight excluding hydrogens is 729 g/mol. The lowest BCUT2D eigenvalue weighted by Gasteiger charge is -2.14. The highest BCUT2D eigenvalue weighted by Crippen LogP contribution is 2.43. The zero-order valence-corrected chi connectivity index (χ0v) is 32.6. The van der Waals surface area contributed by atoms with Crippen molar-refractivity contribution in [1.82, 2.24) is 0 Å². The summed E-state index contributed by atoms with van der Waals surface area (Å²) in [6.45, 7) is 0. The topological polar surface area (TPSA) is 22.4 Å². The Balaban J connectivity index is 0.802. The molecule has 13 rings (SSSR count). The van der Waals surface area contributed by atoms with Crippen LogP contribution in [-0.4, -0.2) is 6.10 Å². The second-order valence-electron chi connectivity index (χ2n) is 16.4. The van der Waals surface area contributed by atoms with E-state index in [9.17, 15) is 0 Å². The Labute approximate surface area is 346 Å². The minimum Gasteiger partial charge on any atom is -0.485 e. The first-order chi connectivity index (χ1) is 29.7. The van der Waals surface area contributed by atoms with Gasteiger partial charge in [0, 0.05) is 16.2 Å². The monoisotopic (exact) mass is 764 g/mol. The van der Waals surface area contributed by atoms with Crippen LogP contribution in [0.25, 0.3) is 111 Å². The molecule has 2 unspecified atom stereocenters. The van der Waals surface area contributed by atoms with Gasteiger partial charge in [0.25, 0.3) is 0 Å². The van der Waals surface area contributed by atoms with Crippen LogP contribution in [0.15, 0.2) is 199 Å². The maximum Gasteiger partial charge on any atom is 0.135 e. The maximum absolute atomic E-state index is 6.63. The van der Waals surface area contributed by atoms with Crippen molar-refractivity contribution in [2.24, 2.45) is 0 Å². The fraction of sp³-hybridized carbons (Fsp3) is 0.0345. The molecule has 2 heteroatoms. The van der Waals surface area contributed by atoms with Crippen LogP contribution in [0, 0.1) is 0 Å². The maximum atomic E-state index is 6.63. The lowest BCUT2D eigenvalue weighted by molar-refractivity contribution is 0.287. The lowest BCUT2D eigenvalue weighted by atomic mass is 9.89. The van der Waals surface area contributed by atoms with Gasteiger partial charge >= 0.3 is 0 Å². The summed E-state index contributed by atoms with van der Waals surface area (Å²) in [5.41, 5.74) is 12.7. The number of rotatable bonds is 4. The molecule has 0 radical (unpaired) electrons. The molecule has 60 heavy (non-hydrogen) atoms. The average molecular weight is 765 g/mol. The molecule has 0 saturated carbocycles. The lowest BCUT2D eigenvalue weighted by Crippen LogP contribution is -2.32. The summed E-state index contributed by atoms with van der Waals surface area (Å²) >= 11 is 0. The van der Waals surface area contributed by atoms with Crippen LogP contribution in [0.5, 0.6) is 5.75 Å². The molecule has 1 aliphatic carbocycles. The van der Waals surface area contributed by atoms with Crippen molar-refractivity contribution in [3.8, 4) is 50.3 Å². The Hall–Kier alpha value is -7.68. The van der Waals surface area contributed by atoms with E-state index in [0.717, 1.165) is 32.9 Å². The number of benzene rings is 10. The van der Waals surface area contributed by atoms with Gasteiger partial charge in [-0.15, -0.1) is 0 Å². The van der Waals surface area contributed by atoms with Crippen LogP contribution in [0.1, 0.15) is 11.5 Å². The summed E-state index contributed by atoms with van der Waals surface area (Å²) in [5.74, 6) is 1.02. The van der Waals surface area contributed by atoms with E-state index in [0.29, 0.717) is 0 Å². The highest BCUT2D eigenvalue weighted by atomic mass is 16.5. The summed E-state index contributed by atoms with van der Waals surface area (Å²) in [6.07, 6.45) is 4.45. The van der Waals surface area contributed by atoms with Gasteiger partial charge in [0.05, 0.1) is 5.92 Å². The van der Waals surface area contributed by atoms with E-state index in [1.54, 1.807) is 0 Å². The molecule has 2 heterocycles. The molecule has 1 aromatic heterocycles. The predicted octanol–water partition coefficient (Wildman–Crippen LogP) is 13.8. The van der Waals surface area contributed by atoms with Gasteiger partial charge < -0.3 is 9.15 Å². The molecule has 11 aromatic rings. The summed E-state index contributed by atoms with van der Waals surface area (Å²) in [6, 6.07) is 70.7. The summed E-state index contributed by atoms with van der Waals surface area (Å²) in [4.78, 5) is 0. The van der Waals surface area contributed by atoms with E-state index in [-0.39, 0.29) is 12.0 Å². The Morgan fingerprint density at radius 3 is 1.67 bits per heavy atom. The molecule has 0 amide bonds. The molecule has 10 aromatic carbocycles. The molecule has 0 spiro atoms. The quantitative estimate of drug-likeness (QED) is 0.167. The van der Waals surface area contributed by atoms with E-state index >= 15 is 0 Å². The van der Waals surface area contributed by atoms with Crippen LogP contribution >= 0.6 is 0 Å². The van der Waals surface area contributed by atoms with Crippen molar-refractivity contribution in [2.75, 3.05) is 0 Å². The van der Waals surface area contributed by atoms with Gasteiger partial charge in [0.2, 0.25) is 0 Å². The second kappa shape index (κ2) is 12.9. The molecule has 2 atom stereocenters. The number of furan rings is 1. The number of hydrogen-bond donors (Lipinski definition) is 0. The summed E-state index contributed by atoms with van der Waals surface area (Å²) in [7, 11) is 0. The first-order valence-corrected chi connectivity index (χ1v) is 20.8. The van der Waals surface area contributed by atoms with E-state index in [1.807, 2.05) is 0 Å². The molecule has 2 nitrogen and oxygen atoms in total. The molecule has 2 aliphatic rings. The van der Waals surface area contributed by atoms with Gasteiger partial charge in [-0.25, -0.2) is 0 Å². The SMILES string of the molecule is C1=c2oc3ccc(-c4ccc(-c5cc6ccccc6c6ccccc56)cc4)cc3c2=CC2Oc3ccc(-c4ccc5cc(-c6ccc7ccccc7c6)ccc5c4)cc3C12. The zero-order chi connectivity index (χ0) is 39.3. The first-order valence-electron chi connectivity index (χ1n) is 20.8. The average Bonchev–Trinajstić information content (AvgIpc) is 3.86. The molecule has 0 saturated heterocycles. The van der Waals surface area contributed by atoms with Crippen molar-refractivity contribution >= 4 is 66.2 Å². The van der Waals surface area contributed by atoms with Crippen LogP contribution in [0.3, 0.4) is 0 Å². The zero-order valence-electron chi connectivity index (χ0n) is 32.6. The Morgan fingerprint density at radius 2 is 0.900 bits per heavy atom. The van der Waals surface area contributed by atoms with Gasteiger partial charge in [0.15, 0.2) is 0 Å². The third-order valence-corrected chi connectivity index (χ3v) is 13.0. The fourth-order valence-corrected chi connectivity index (χ4v) is 9.86. The summed E-state index contributed by atoms with van der Waals surface area (Å²) in [5, 5.41) is 12.3. The first kappa shape index (κ1) is 33.3. The van der Waals surface area contributed by atoms with Gasteiger partial charge in [0.1, 0.15) is 22.9 Å². The van der Waals surface area contributed by atoms with Gasteiger partial charge in [-0.2, -0.15) is 0 Å². The van der Waals surface area contributed by atoms with Crippen molar-refractivity contribution in [3.05, 3.63) is 210 Å². The van der Waals surface area contributed by atoms with Gasteiger partial charge in [-0.1, -0.05) is 146 Å². The Bertz CT molecular complexity index is 3700. The highest BCUT2D eigenvalue weighted by Gasteiger charge is 2.34. The standard InChI is InChI=1S/C58H36O2/c1-2-8-38-27-39(18-15-35(38)7-1)40-19-20-42-29-43(22-21-41(42)28-40)45-24-26-56-52(31-45)54-34-57-53(33-58(54)60-56)51-30-44(23-25-55(51)59-57)36-13-16-37(17-14-36)50-32-46-9-3-4-10-47(46)48-11-5-6-12-49(48)50/h1-34,54,58H. The van der Waals surface area contributed by atoms with Crippen molar-refractivity contribution in [3.63, 3.8) is 0 Å². The van der Waals surface area contributed by atoms with Crippen molar-refractivity contribution in [1.29, 1.82) is 0 Å². The smallest absolute Gasteiger partial charge is 0.135 e. The van der Waals surface area contributed by atoms with E-state index in [2.05, 4.69) is 206 Å². The van der Waals surface area contributed by atoms with Gasteiger partial charge in [-0.3, -0.25) is 0 Å². The second-order valence-corrected chi connectivity index (χ2v) is 16.4. The van der Waals surface area contributed by atoms with E-state index in [4.69, 9.17) is 9.15 Å². The normalized spacial score (nSPS) is 15.4. The predicted molar refractivity (Wildman–Crippen MR) is 250 cm³/mol. The van der Waals surface area contributed by atoms with Crippen LogP contribution in [-0.2, 0) is 0 Å². The molecule has 0 N–H and O–H groups in total. The fourth-order valence-electron chi connectivity index (χ4n) is 9.86. The Morgan fingerprint density at radius 1 is 0.350 bits per heavy atom. The summed E-state index contributed by atoms with van der Waals surface area (Å²) < 4.78 is 13.2. The molecule has 280 valence electrons. The highest BCUT2D eigenvalue weighted by molar-refractivity contribution is 6.13.